The molecule has 1 aromatic rings. The van der Waals surface area contributed by atoms with Crippen LogP contribution in [0.4, 0.5) is 5.69 Å². The van der Waals surface area contributed by atoms with Gasteiger partial charge in [0.25, 0.3) is 5.69 Å². The first-order valence-electron chi connectivity index (χ1n) is 6.99. The Bertz CT molecular complexity index is 736. The van der Waals surface area contributed by atoms with Crippen LogP contribution >= 0.6 is 0 Å². The molecular formula is C15H17NO5S. The molecular weight excluding hydrogens is 306 g/mol. The quantitative estimate of drug-likeness (QED) is 0.592. The number of non-ortho nitro benzene ring substituents is 1. The van der Waals surface area contributed by atoms with Crippen LogP contribution in [-0.4, -0.2) is 24.4 Å². The van der Waals surface area contributed by atoms with Gasteiger partial charge in [-0.25, -0.2) is 8.42 Å². The van der Waals surface area contributed by atoms with E-state index in [0.29, 0.717) is 23.3 Å². The van der Waals surface area contributed by atoms with Gasteiger partial charge in [-0.05, 0) is 38.2 Å². The Morgan fingerprint density at radius 2 is 2.14 bits per heavy atom. The third kappa shape index (κ3) is 3.41. The van der Waals surface area contributed by atoms with E-state index in [1.54, 1.807) is 12.1 Å². The van der Waals surface area contributed by atoms with Gasteiger partial charge in [0, 0.05) is 17.0 Å². The Labute approximate surface area is 128 Å². The van der Waals surface area contributed by atoms with Crippen molar-refractivity contribution >= 4 is 21.3 Å². The topological polar surface area (TPSA) is 94.3 Å². The highest BCUT2D eigenvalue weighted by molar-refractivity contribution is 7.96. The number of nitro benzene ring substituents is 1. The second-order valence-corrected chi connectivity index (χ2v) is 7.52. The van der Waals surface area contributed by atoms with Crippen molar-refractivity contribution in [1.29, 1.82) is 0 Å². The predicted octanol–water partition coefficient (Wildman–Crippen LogP) is 2.58. The van der Waals surface area contributed by atoms with Gasteiger partial charge in [0.15, 0.2) is 9.84 Å². The Hall–Kier alpha value is -2.02. The standard InChI is InChI=1S/C15H17NO5S/c1-11(17)15(22(20,21)14-7-2-3-8-14)10-12-5-4-6-13(9-12)16(18)19/h4-7,9,15H,2-3,8,10H2,1H3. The molecule has 0 spiro atoms. The number of carbonyl (C=O) groups excluding carboxylic acids is 1. The van der Waals surface area contributed by atoms with Crippen molar-refractivity contribution in [3.05, 3.63) is 50.9 Å². The number of rotatable bonds is 6. The monoisotopic (exact) mass is 323 g/mol. The van der Waals surface area contributed by atoms with Crippen LogP contribution in [0, 0.1) is 10.1 Å². The fourth-order valence-corrected chi connectivity index (χ4v) is 4.56. The highest BCUT2D eigenvalue weighted by Gasteiger charge is 2.34. The number of carbonyl (C=O) groups is 1. The van der Waals surface area contributed by atoms with E-state index < -0.39 is 25.8 Å². The molecule has 0 amide bonds. The smallest absolute Gasteiger partial charge is 0.269 e. The van der Waals surface area contributed by atoms with E-state index in [2.05, 4.69) is 0 Å². The maximum atomic E-state index is 12.6. The molecule has 0 aliphatic heterocycles. The van der Waals surface area contributed by atoms with Crippen molar-refractivity contribution in [2.45, 2.75) is 37.9 Å². The molecule has 0 heterocycles. The Morgan fingerprint density at radius 1 is 1.41 bits per heavy atom. The second-order valence-electron chi connectivity index (χ2n) is 5.34. The summed E-state index contributed by atoms with van der Waals surface area (Å²) >= 11 is 0. The van der Waals surface area contributed by atoms with Gasteiger partial charge in [-0.15, -0.1) is 0 Å². The van der Waals surface area contributed by atoms with E-state index in [4.69, 9.17) is 0 Å². The predicted molar refractivity (Wildman–Crippen MR) is 82.1 cm³/mol. The number of benzene rings is 1. The number of sulfone groups is 1. The van der Waals surface area contributed by atoms with Crippen LogP contribution in [0.15, 0.2) is 35.2 Å². The minimum Gasteiger partial charge on any atom is -0.299 e. The number of nitro groups is 1. The number of allylic oxidation sites excluding steroid dienone is 2. The Morgan fingerprint density at radius 3 is 2.68 bits per heavy atom. The molecule has 0 bridgehead atoms. The summed E-state index contributed by atoms with van der Waals surface area (Å²) in [5.74, 6) is -0.445. The van der Waals surface area contributed by atoms with Crippen molar-refractivity contribution in [2.24, 2.45) is 0 Å². The highest BCUT2D eigenvalue weighted by Crippen LogP contribution is 2.28. The molecule has 1 aromatic carbocycles. The SMILES string of the molecule is CC(=O)C(Cc1cccc([N+](=O)[O-])c1)S(=O)(=O)C1=CCCC1. The van der Waals surface area contributed by atoms with Crippen molar-refractivity contribution in [3.63, 3.8) is 0 Å². The molecule has 118 valence electrons. The van der Waals surface area contributed by atoms with Crippen LogP contribution in [0.1, 0.15) is 31.7 Å². The second kappa shape index (κ2) is 6.39. The largest absolute Gasteiger partial charge is 0.299 e. The fourth-order valence-electron chi connectivity index (χ4n) is 2.57. The lowest BCUT2D eigenvalue weighted by atomic mass is 10.1. The summed E-state index contributed by atoms with van der Waals surface area (Å²) in [5.41, 5.74) is 0.355. The molecule has 7 heteroatoms. The summed E-state index contributed by atoms with van der Waals surface area (Å²) in [5, 5.41) is 9.61. The van der Waals surface area contributed by atoms with Crippen LogP contribution < -0.4 is 0 Å². The average molecular weight is 323 g/mol. The van der Waals surface area contributed by atoms with Crippen molar-refractivity contribution in [2.75, 3.05) is 0 Å². The molecule has 0 saturated heterocycles. The maximum absolute atomic E-state index is 12.6. The van der Waals surface area contributed by atoms with Gasteiger partial charge in [-0.2, -0.15) is 0 Å². The molecule has 22 heavy (non-hydrogen) atoms. The van der Waals surface area contributed by atoms with Crippen LogP contribution in [0.3, 0.4) is 0 Å². The third-order valence-corrected chi connectivity index (χ3v) is 6.08. The van der Waals surface area contributed by atoms with Gasteiger partial charge in [0.1, 0.15) is 11.0 Å². The molecule has 1 aliphatic carbocycles. The zero-order chi connectivity index (χ0) is 16.3. The number of hydrogen-bond donors (Lipinski definition) is 0. The van der Waals surface area contributed by atoms with E-state index in [1.165, 1.54) is 25.1 Å². The Balaban J connectivity index is 2.32. The van der Waals surface area contributed by atoms with Crippen molar-refractivity contribution < 1.29 is 18.1 Å². The minimum absolute atomic E-state index is 0.0450. The van der Waals surface area contributed by atoms with Gasteiger partial charge in [-0.3, -0.25) is 14.9 Å². The number of Topliss-reactive ketones (excluding diaryl/α,β-unsaturated/α-hetero) is 1. The van der Waals surface area contributed by atoms with E-state index in [-0.39, 0.29) is 12.1 Å². The molecule has 6 nitrogen and oxygen atoms in total. The molecule has 1 atom stereocenters. The first-order valence-corrected chi connectivity index (χ1v) is 8.53. The Kier molecular flexibility index (Phi) is 4.75. The molecule has 0 radical (unpaired) electrons. The van der Waals surface area contributed by atoms with Gasteiger partial charge < -0.3 is 0 Å². The zero-order valence-corrected chi connectivity index (χ0v) is 13.0. The van der Waals surface area contributed by atoms with Crippen molar-refractivity contribution in [3.8, 4) is 0 Å². The normalized spacial score (nSPS) is 16.1. The molecule has 0 aromatic heterocycles. The third-order valence-electron chi connectivity index (χ3n) is 3.74. The summed E-state index contributed by atoms with van der Waals surface area (Å²) in [7, 11) is -3.69. The molecule has 1 aliphatic rings. The van der Waals surface area contributed by atoms with Crippen LogP contribution in [0.25, 0.3) is 0 Å². The zero-order valence-electron chi connectivity index (χ0n) is 12.2. The molecule has 2 rings (SSSR count). The van der Waals surface area contributed by atoms with E-state index >= 15 is 0 Å². The lowest BCUT2D eigenvalue weighted by Crippen LogP contribution is -2.31. The summed E-state index contributed by atoms with van der Waals surface area (Å²) < 4.78 is 25.1. The summed E-state index contributed by atoms with van der Waals surface area (Å²) in [6, 6.07) is 5.74. The number of ketones is 1. The van der Waals surface area contributed by atoms with Gasteiger partial charge in [-0.1, -0.05) is 18.2 Å². The summed E-state index contributed by atoms with van der Waals surface area (Å²) in [6.45, 7) is 1.25. The summed E-state index contributed by atoms with van der Waals surface area (Å²) in [6.07, 6.45) is 3.56. The van der Waals surface area contributed by atoms with Crippen LogP contribution in [0.5, 0.6) is 0 Å². The first kappa shape index (κ1) is 16.4. The van der Waals surface area contributed by atoms with Gasteiger partial charge in [0.05, 0.1) is 4.92 Å². The van der Waals surface area contributed by atoms with Crippen molar-refractivity contribution in [1.82, 2.24) is 0 Å². The molecule has 0 N–H and O–H groups in total. The van der Waals surface area contributed by atoms with Crippen LogP contribution in [-0.2, 0) is 21.1 Å². The van der Waals surface area contributed by atoms with Gasteiger partial charge >= 0.3 is 0 Å². The molecule has 0 fully saturated rings. The maximum Gasteiger partial charge on any atom is 0.269 e. The first-order chi connectivity index (χ1) is 10.3. The van der Waals surface area contributed by atoms with E-state index in [0.717, 1.165) is 6.42 Å². The van der Waals surface area contributed by atoms with Gasteiger partial charge in [0.2, 0.25) is 0 Å². The lowest BCUT2D eigenvalue weighted by molar-refractivity contribution is -0.384. The molecule has 1 unspecified atom stereocenters. The number of nitrogens with zero attached hydrogens (tertiary/aromatic N) is 1. The average Bonchev–Trinajstić information content (AvgIpc) is 2.99. The molecule has 0 saturated carbocycles. The fraction of sp³-hybridized carbons (Fsp3) is 0.400. The number of hydrogen-bond acceptors (Lipinski definition) is 5. The van der Waals surface area contributed by atoms with E-state index in [9.17, 15) is 23.3 Å². The van der Waals surface area contributed by atoms with E-state index in [1.807, 2.05) is 0 Å². The minimum atomic E-state index is -3.69. The summed E-state index contributed by atoms with van der Waals surface area (Å²) in [4.78, 5) is 22.4. The highest BCUT2D eigenvalue weighted by atomic mass is 32.2. The van der Waals surface area contributed by atoms with Crippen LogP contribution in [0.2, 0.25) is 0 Å². The lowest BCUT2D eigenvalue weighted by Gasteiger charge is -2.15.